The fourth-order valence-corrected chi connectivity index (χ4v) is 5.45. The summed E-state index contributed by atoms with van der Waals surface area (Å²) in [5.74, 6) is -0.380. The van der Waals surface area contributed by atoms with Crippen molar-refractivity contribution in [2.45, 2.75) is 43.4 Å². The number of nitrogens with zero attached hydrogens (tertiary/aromatic N) is 5. The number of benzene rings is 2. The first-order valence-electron chi connectivity index (χ1n) is 14.0. The van der Waals surface area contributed by atoms with E-state index in [2.05, 4.69) is 20.6 Å². The molecule has 1 aromatic heterocycles. The summed E-state index contributed by atoms with van der Waals surface area (Å²) in [5, 5.41) is 5.60. The Morgan fingerprint density at radius 2 is 1.32 bits per heavy atom. The van der Waals surface area contributed by atoms with E-state index in [1.165, 1.54) is 12.1 Å². The Hall–Kier alpha value is -3.66. The van der Waals surface area contributed by atoms with Crippen LogP contribution in [0.2, 0.25) is 5.02 Å². The molecule has 44 heavy (non-hydrogen) atoms. The van der Waals surface area contributed by atoms with Crippen LogP contribution in [0.4, 0.5) is 33.6 Å². The van der Waals surface area contributed by atoms with Crippen molar-refractivity contribution in [3.63, 3.8) is 0 Å². The highest BCUT2D eigenvalue weighted by Gasteiger charge is 2.29. The van der Waals surface area contributed by atoms with Crippen LogP contribution in [-0.2, 0) is 4.79 Å². The van der Waals surface area contributed by atoms with Crippen molar-refractivity contribution in [3.8, 4) is 0 Å². The minimum Gasteiger partial charge on any atom is -0.338 e. The third-order valence-corrected chi connectivity index (χ3v) is 7.49. The molecule has 0 aliphatic carbocycles. The summed E-state index contributed by atoms with van der Waals surface area (Å²) in [6.07, 6.45) is 1.02. The van der Waals surface area contributed by atoms with E-state index in [0.717, 1.165) is 6.07 Å². The van der Waals surface area contributed by atoms with Crippen LogP contribution in [-0.4, -0.2) is 77.0 Å². The van der Waals surface area contributed by atoms with E-state index in [0.29, 0.717) is 67.9 Å². The largest absolute Gasteiger partial charge is 0.338 e. The highest BCUT2D eigenvalue weighted by molar-refractivity contribution is 6.31. The molecule has 16 heteroatoms. The van der Waals surface area contributed by atoms with E-state index in [9.17, 15) is 14.0 Å². The zero-order valence-electron chi connectivity index (χ0n) is 23.8. The molecule has 0 unspecified atom stereocenters. The highest BCUT2D eigenvalue weighted by Crippen LogP contribution is 2.24. The van der Waals surface area contributed by atoms with Gasteiger partial charge >= 0.3 is 0 Å². The maximum absolute atomic E-state index is 13.4. The molecule has 2 aromatic carbocycles. The van der Waals surface area contributed by atoms with Crippen molar-refractivity contribution in [1.82, 2.24) is 15.0 Å². The molecule has 1 amide bonds. The summed E-state index contributed by atoms with van der Waals surface area (Å²) >= 11 is 5.75. The molecule has 2 saturated heterocycles. The van der Waals surface area contributed by atoms with Gasteiger partial charge in [-0.15, -0.1) is 12.4 Å². The summed E-state index contributed by atoms with van der Waals surface area (Å²) in [5.41, 5.74) is 26.2. The number of piperidine rings is 2. The molecular formula is C28H36Cl2FN11O2. The Balaban J connectivity index is 0.00000442. The smallest absolute Gasteiger partial charge is 0.233 e. The summed E-state index contributed by atoms with van der Waals surface area (Å²) < 4.78 is 13.4. The molecule has 4 atom stereocenters. The number of halogens is 3. The van der Waals surface area contributed by atoms with Crippen molar-refractivity contribution < 1.29 is 14.0 Å². The summed E-state index contributed by atoms with van der Waals surface area (Å²) in [7, 11) is 0. The van der Waals surface area contributed by atoms with Gasteiger partial charge in [0, 0.05) is 67.3 Å². The Bertz CT molecular complexity index is 1420. The molecule has 0 saturated carbocycles. The molecule has 0 radical (unpaired) electrons. The average molecular weight is 649 g/mol. The zero-order chi connectivity index (χ0) is 30.7. The molecule has 3 heterocycles. The van der Waals surface area contributed by atoms with E-state index < -0.39 is 23.9 Å². The Morgan fingerprint density at radius 1 is 0.818 bits per heavy atom. The van der Waals surface area contributed by atoms with E-state index in [1.54, 1.807) is 24.3 Å². The van der Waals surface area contributed by atoms with Crippen molar-refractivity contribution in [2.24, 2.45) is 22.9 Å². The number of nitrogens with one attached hydrogen (secondary N) is 2. The Kier molecular flexibility index (Phi) is 10.9. The lowest BCUT2D eigenvalue weighted by atomic mass is 10.0. The quantitative estimate of drug-likeness (QED) is 0.153. The van der Waals surface area contributed by atoms with Crippen LogP contribution in [0.1, 0.15) is 29.6 Å². The van der Waals surface area contributed by atoms with Gasteiger partial charge in [-0.25, -0.2) is 4.39 Å². The first kappa shape index (κ1) is 33.2. The number of nitrogens with two attached hydrogens (primary N) is 4. The van der Waals surface area contributed by atoms with Gasteiger partial charge in [-0.2, -0.15) is 15.0 Å². The third kappa shape index (κ3) is 8.49. The fourth-order valence-electron chi connectivity index (χ4n) is 5.27. The minimum absolute atomic E-state index is 0. The van der Waals surface area contributed by atoms with Gasteiger partial charge < -0.3 is 43.4 Å². The van der Waals surface area contributed by atoms with Crippen LogP contribution in [0.3, 0.4) is 0 Å². The standard InChI is InChI=1S/C28H35ClFN11O2.ClH/c29-22-9-21(5-6-23(22)30)35-25(43)10-24(42)15-1-3-20(4-2-15)36-26-37-27(40-11-16(31)7-17(32)12-40)39-28(38-26)41-13-18(33)8-19(34)14-41;/h1-6,9,16-19H,7-8,10-14,31-34H2,(H,35,43)(H,36,37,38,39);1H/t16-,17+,18-,19+;. The molecule has 10 N–H and O–H groups in total. The SMILES string of the molecule is Cl.N[C@@H]1C[C@H](N)CN(c2nc(Nc3ccc(C(=O)CC(=O)Nc4ccc(F)c(Cl)c4)cc3)nc(N3C[C@H](N)C[C@H](N)C3)n2)C1. The molecule has 5 rings (SSSR count). The van der Waals surface area contributed by atoms with Crippen molar-refractivity contribution in [2.75, 3.05) is 46.6 Å². The van der Waals surface area contributed by atoms with E-state index in [-0.39, 0.29) is 47.5 Å². The monoisotopic (exact) mass is 647 g/mol. The fraction of sp³-hybridized carbons (Fsp3) is 0.393. The summed E-state index contributed by atoms with van der Waals surface area (Å²) in [6.45, 7) is 2.20. The van der Waals surface area contributed by atoms with E-state index in [1.807, 2.05) is 9.80 Å². The lowest BCUT2D eigenvalue weighted by Crippen LogP contribution is -2.54. The molecule has 0 bridgehead atoms. The number of anilines is 5. The normalized spacial score (nSPS) is 21.8. The molecule has 13 nitrogen and oxygen atoms in total. The molecule has 3 aromatic rings. The molecular weight excluding hydrogens is 612 g/mol. The van der Waals surface area contributed by atoms with Crippen LogP contribution in [0.5, 0.6) is 0 Å². The second-order valence-corrected chi connectivity index (χ2v) is 11.5. The third-order valence-electron chi connectivity index (χ3n) is 7.20. The highest BCUT2D eigenvalue weighted by atomic mass is 35.5. The van der Waals surface area contributed by atoms with Gasteiger partial charge in [-0.3, -0.25) is 9.59 Å². The number of ketones is 1. The van der Waals surface area contributed by atoms with Gasteiger partial charge in [0.2, 0.25) is 23.8 Å². The van der Waals surface area contributed by atoms with Crippen LogP contribution < -0.4 is 43.4 Å². The first-order chi connectivity index (χ1) is 20.5. The topological polar surface area (TPSA) is 207 Å². The van der Waals surface area contributed by atoms with Crippen molar-refractivity contribution in [1.29, 1.82) is 0 Å². The summed E-state index contributed by atoms with van der Waals surface area (Å²) in [4.78, 5) is 43.0. The first-order valence-corrected chi connectivity index (χ1v) is 14.3. The number of amides is 1. The molecule has 2 aliphatic heterocycles. The number of hydrogen-bond donors (Lipinski definition) is 6. The Morgan fingerprint density at radius 3 is 1.82 bits per heavy atom. The maximum Gasteiger partial charge on any atom is 0.233 e. The molecule has 2 aliphatic rings. The average Bonchev–Trinajstić information content (AvgIpc) is 2.94. The van der Waals surface area contributed by atoms with Gasteiger partial charge in [-0.05, 0) is 55.3 Å². The van der Waals surface area contributed by atoms with Crippen LogP contribution in [0, 0.1) is 5.82 Å². The summed E-state index contributed by atoms with van der Waals surface area (Å²) in [6, 6.07) is 9.90. The van der Waals surface area contributed by atoms with Crippen LogP contribution >= 0.6 is 24.0 Å². The van der Waals surface area contributed by atoms with Gasteiger partial charge in [-0.1, -0.05) is 11.6 Å². The molecule has 2 fully saturated rings. The number of rotatable bonds is 8. The predicted molar refractivity (Wildman–Crippen MR) is 171 cm³/mol. The van der Waals surface area contributed by atoms with E-state index in [4.69, 9.17) is 39.5 Å². The lowest BCUT2D eigenvalue weighted by molar-refractivity contribution is -0.115. The van der Waals surface area contributed by atoms with Crippen LogP contribution in [0.15, 0.2) is 42.5 Å². The number of carbonyl (C=O) groups excluding carboxylic acids is 2. The lowest BCUT2D eigenvalue weighted by Gasteiger charge is -2.37. The minimum atomic E-state index is -0.603. The van der Waals surface area contributed by atoms with Gasteiger partial charge in [0.05, 0.1) is 11.4 Å². The predicted octanol–water partition coefficient (Wildman–Crippen LogP) is 1.77. The second kappa shape index (κ2) is 14.4. The number of Topliss-reactive ketones (excluding diaryl/α,β-unsaturated/α-hetero) is 1. The molecule has 0 spiro atoms. The van der Waals surface area contributed by atoms with E-state index >= 15 is 0 Å². The maximum atomic E-state index is 13.4. The Labute approximate surface area is 265 Å². The van der Waals surface area contributed by atoms with Gasteiger partial charge in [0.25, 0.3) is 0 Å². The number of aromatic nitrogens is 3. The zero-order valence-corrected chi connectivity index (χ0v) is 25.4. The van der Waals surface area contributed by atoms with Crippen molar-refractivity contribution in [3.05, 3.63) is 58.9 Å². The van der Waals surface area contributed by atoms with Crippen LogP contribution in [0.25, 0.3) is 0 Å². The van der Waals surface area contributed by atoms with Gasteiger partial charge in [0.1, 0.15) is 5.82 Å². The number of hydrogen-bond acceptors (Lipinski definition) is 12. The second-order valence-electron chi connectivity index (χ2n) is 11.1. The molecule has 236 valence electrons. The van der Waals surface area contributed by atoms with Crippen molar-refractivity contribution >= 4 is 64.9 Å². The van der Waals surface area contributed by atoms with Gasteiger partial charge in [0.15, 0.2) is 5.78 Å². The number of carbonyl (C=O) groups is 2.